The molecule has 0 spiro atoms. The molecule has 0 unspecified atom stereocenters. The van der Waals surface area contributed by atoms with Crippen molar-refractivity contribution in [1.82, 2.24) is 14.5 Å². The second kappa shape index (κ2) is 5.18. The standard InChI is InChI=1S/C13H14ClN3O2S/c1-8-7-20-12-11(8)15-9-2-3-16(10(18)6-14)4-5-17(9)13(12)19/h7H,2-6H2,1H3. The third-order valence-electron chi connectivity index (χ3n) is 3.60. The summed E-state index contributed by atoms with van der Waals surface area (Å²) in [6.07, 6.45) is 0.586. The average Bonchev–Trinajstić information content (AvgIpc) is 2.70. The summed E-state index contributed by atoms with van der Waals surface area (Å²) in [6.45, 7) is 3.52. The number of thiophene rings is 1. The van der Waals surface area contributed by atoms with Gasteiger partial charge >= 0.3 is 0 Å². The summed E-state index contributed by atoms with van der Waals surface area (Å²) in [5.41, 5.74) is 1.83. The smallest absolute Gasteiger partial charge is 0.271 e. The number of rotatable bonds is 1. The Kier molecular flexibility index (Phi) is 3.52. The normalized spacial score (nSPS) is 15.2. The zero-order valence-electron chi connectivity index (χ0n) is 11.1. The lowest BCUT2D eigenvalue weighted by atomic mass is 10.3. The molecule has 0 N–H and O–H groups in total. The molecule has 3 rings (SSSR count). The summed E-state index contributed by atoms with van der Waals surface area (Å²) >= 11 is 7.03. The van der Waals surface area contributed by atoms with E-state index < -0.39 is 0 Å². The van der Waals surface area contributed by atoms with Gasteiger partial charge in [-0.1, -0.05) is 0 Å². The Labute approximate surface area is 124 Å². The van der Waals surface area contributed by atoms with Gasteiger partial charge < -0.3 is 4.90 Å². The van der Waals surface area contributed by atoms with Gasteiger partial charge in [0.1, 0.15) is 16.4 Å². The number of amides is 1. The molecule has 1 aliphatic rings. The first-order valence-corrected chi connectivity index (χ1v) is 7.84. The maximum Gasteiger partial charge on any atom is 0.271 e. The van der Waals surface area contributed by atoms with Crippen LogP contribution >= 0.6 is 22.9 Å². The highest BCUT2D eigenvalue weighted by atomic mass is 35.5. The van der Waals surface area contributed by atoms with Crippen molar-refractivity contribution in [3.05, 3.63) is 27.1 Å². The predicted octanol–water partition coefficient (Wildman–Crippen LogP) is 1.39. The summed E-state index contributed by atoms with van der Waals surface area (Å²) in [5, 5.41) is 1.96. The Morgan fingerprint density at radius 3 is 3.00 bits per heavy atom. The van der Waals surface area contributed by atoms with Crippen LogP contribution < -0.4 is 5.56 Å². The molecule has 0 saturated heterocycles. The van der Waals surface area contributed by atoms with E-state index in [0.29, 0.717) is 30.8 Å². The minimum Gasteiger partial charge on any atom is -0.339 e. The van der Waals surface area contributed by atoms with Crippen LogP contribution in [0.2, 0.25) is 0 Å². The lowest BCUT2D eigenvalue weighted by molar-refractivity contribution is -0.128. The van der Waals surface area contributed by atoms with Crippen molar-refractivity contribution in [3.63, 3.8) is 0 Å². The summed E-state index contributed by atoms with van der Waals surface area (Å²) < 4.78 is 2.39. The number of nitrogens with zero attached hydrogens (tertiary/aromatic N) is 3. The summed E-state index contributed by atoms with van der Waals surface area (Å²) in [5.74, 6) is 0.645. The lowest BCUT2D eigenvalue weighted by Crippen LogP contribution is -2.35. The Hall–Kier alpha value is -1.40. The number of aromatic nitrogens is 2. The van der Waals surface area contributed by atoms with Crippen molar-refractivity contribution >= 4 is 39.1 Å². The van der Waals surface area contributed by atoms with E-state index in [1.165, 1.54) is 11.3 Å². The van der Waals surface area contributed by atoms with E-state index in [1.54, 1.807) is 9.47 Å². The molecule has 5 nitrogen and oxygen atoms in total. The Morgan fingerprint density at radius 2 is 2.25 bits per heavy atom. The van der Waals surface area contributed by atoms with Crippen LogP contribution in [-0.2, 0) is 17.8 Å². The molecule has 3 heterocycles. The SMILES string of the molecule is Cc1csc2c(=O)n3c(nc12)CCN(C(=O)CCl)CC3. The van der Waals surface area contributed by atoms with Crippen LogP contribution in [0.4, 0.5) is 0 Å². The highest BCUT2D eigenvalue weighted by Crippen LogP contribution is 2.21. The molecular formula is C13H14ClN3O2S. The van der Waals surface area contributed by atoms with Gasteiger partial charge in [-0.2, -0.15) is 0 Å². The molecule has 20 heavy (non-hydrogen) atoms. The maximum absolute atomic E-state index is 12.5. The number of hydrogen-bond donors (Lipinski definition) is 0. The van der Waals surface area contributed by atoms with Gasteiger partial charge in [-0.15, -0.1) is 22.9 Å². The first-order valence-electron chi connectivity index (χ1n) is 6.43. The van der Waals surface area contributed by atoms with Crippen LogP contribution in [0.3, 0.4) is 0 Å². The molecule has 1 aliphatic heterocycles. The molecular weight excluding hydrogens is 298 g/mol. The molecule has 2 aromatic rings. The fraction of sp³-hybridized carbons (Fsp3) is 0.462. The summed E-state index contributed by atoms with van der Waals surface area (Å²) in [6, 6.07) is 0. The maximum atomic E-state index is 12.5. The van der Waals surface area contributed by atoms with Crippen molar-refractivity contribution in [2.75, 3.05) is 19.0 Å². The van der Waals surface area contributed by atoms with Gasteiger partial charge in [0.2, 0.25) is 5.91 Å². The van der Waals surface area contributed by atoms with Gasteiger partial charge in [0.25, 0.3) is 5.56 Å². The van der Waals surface area contributed by atoms with E-state index in [0.717, 1.165) is 16.9 Å². The van der Waals surface area contributed by atoms with Crippen molar-refractivity contribution < 1.29 is 4.79 Å². The number of carbonyl (C=O) groups excluding carboxylic acids is 1. The minimum atomic E-state index is -0.0921. The van der Waals surface area contributed by atoms with Gasteiger partial charge in [0.15, 0.2) is 0 Å². The van der Waals surface area contributed by atoms with Crippen LogP contribution in [0.15, 0.2) is 10.2 Å². The zero-order valence-corrected chi connectivity index (χ0v) is 12.6. The number of hydrogen-bond acceptors (Lipinski definition) is 4. The zero-order chi connectivity index (χ0) is 14.3. The lowest BCUT2D eigenvalue weighted by Gasteiger charge is -2.18. The average molecular weight is 312 g/mol. The van der Waals surface area contributed by atoms with Crippen molar-refractivity contribution in [2.45, 2.75) is 19.9 Å². The third kappa shape index (κ3) is 2.13. The van der Waals surface area contributed by atoms with E-state index >= 15 is 0 Å². The van der Waals surface area contributed by atoms with E-state index in [4.69, 9.17) is 11.6 Å². The Balaban J connectivity index is 2.05. The van der Waals surface area contributed by atoms with Gasteiger partial charge in [0, 0.05) is 26.1 Å². The second-order valence-corrected chi connectivity index (χ2v) is 5.99. The number of halogens is 1. The molecule has 7 heteroatoms. The fourth-order valence-electron chi connectivity index (χ4n) is 2.48. The first kappa shape index (κ1) is 13.6. The van der Waals surface area contributed by atoms with Crippen LogP contribution in [-0.4, -0.2) is 39.3 Å². The highest BCUT2D eigenvalue weighted by Gasteiger charge is 2.21. The second-order valence-electron chi connectivity index (χ2n) is 4.85. The van der Waals surface area contributed by atoms with E-state index in [-0.39, 0.29) is 17.3 Å². The monoisotopic (exact) mass is 311 g/mol. The highest BCUT2D eigenvalue weighted by molar-refractivity contribution is 7.17. The molecule has 106 valence electrons. The predicted molar refractivity (Wildman–Crippen MR) is 79.6 cm³/mol. The van der Waals surface area contributed by atoms with Gasteiger partial charge in [-0.25, -0.2) is 4.98 Å². The van der Waals surface area contributed by atoms with Crippen LogP contribution in [0.1, 0.15) is 11.4 Å². The Bertz CT molecular complexity index is 737. The molecule has 0 aromatic carbocycles. The van der Waals surface area contributed by atoms with Crippen LogP contribution in [0.5, 0.6) is 0 Å². The summed E-state index contributed by atoms with van der Waals surface area (Å²) in [7, 11) is 0. The molecule has 0 fully saturated rings. The number of fused-ring (bicyclic) bond motifs is 2. The van der Waals surface area contributed by atoms with Crippen molar-refractivity contribution in [2.24, 2.45) is 0 Å². The molecule has 0 bridgehead atoms. The van der Waals surface area contributed by atoms with Crippen molar-refractivity contribution in [1.29, 1.82) is 0 Å². The van der Waals surface area contributed by atoms with Gasteiger partial charge in [-0.05, 0) is 17.9 Å². The molecule has 2 aromatic heterocycles. The largest absolute Gasteiger partial charge is 0.339 e. The Morgan fingerprint density at radius 1 is 1.45 bits per heavy atom. The van der Waals surface area contributed by atoms with Gasteiger partial charge in [-0.3, -0.25) is 14.2 Å². The number of alkyl halides is 1. The van der Waals surface area contributed by atoms with Crippen LogP contribution in [0.25, 0.3) is 10.2 Å². The fourth-order valence-corrected chi connectivity index (χ4v) is 3.59. The first-order chi connectivity index (χ1) is 9.61. The number of carbonyl (C=O) groups is 1. The van der Waals surface area contributed by atoms with E-state index in [1.807, 2.05) is 12.3 Å². The molecule has 0 atom stereocenters. The van der Waals surface area contributed by atoms with E-state index in [9.17, 15) is 9.59 Å². The quantitative estimate of drug-likeness (QED) is 0.748. The number of aryl methyl sites for hydroxylation is 1. The van der Waals surface area contributed by atoms with Gasteiger partial charge in [0.05, 0.1) is 5.52 Å². The van der Waals surface area contributed by atoms with Crippen LogP contribution in [0, 0.1) is 6.92 Å². The third-order valence-corrected chi connectivity index (χ3v) is 4.90. The van der Waals surface area contributed by atoms with E-state index in [2.05, 4.69) is 4.98 Å². The molecule has 0 radical (unpaired) electrons. The molecule has 1 amide bonds. The summed E-state index contributed by atoms with van der Waals surface area (Å²) in [4.78, 5) is 30.5. The molecule has 0 saturated carbocycles. The molecule has 0 aliphatic carbocycles. The topological polar surface area (TPSA) is 55.2 Å². The van der Waals surface area contributed by atoms with Crippen molar-refractivity contribution in [3.8, 4) is 0 Å². The minimum absolute atomic E-state index is 0.00303.